The van der Waals surface area contributed by atoms with Crippen molar-refractivity contribution in [2.45, 2.75) is 24.2 Å². The first kappa shape index (κ1) is 33.0. The number of rotatable bonds is 14. The van der Waals surface area contributed by atoms with Crippen molar-refractivity contribution < 1.29 is 37.9 Å². The molecule has 0 aliphatic carbocycles. The van der Waals surface area contributed by atoms with Crippen molar-refractivity contribution in [3.05, 3.63) is 106 Å². The van der Waals surface area contributed by atoms with E-state index in [1.54, 1.807) is 42.5 Å². The second-order valence-electron chi connectivity index (χ2n) is 9.48. The summed E-state index contributed by atoms with van der Waals surface area (Å²) in [6.45, 7) is -0.202. The van der Waals surface area contributed by atoms with Gasteiger partial charge in [0.25, 0.3) is 5.09 Å². The van der Waals surface area contributed by atoms with Crippen LogP contribution in [-0.2, 0) is 32.0 Å². The van der Waals surface area contributed by atoms with Crippen LogP contribution >= 0.6 is 12.2 Å². The Balaban J connectivity index is 1.74. The Morgan fingerprint density at radius 1 is 1.07 bits per heavy atom. The van der Waals surface area contributed by atoms with Crippen molar-refractivity contribution in [2.24, 2.45) is 5.73 Å². The van der Waals surface area contributed by atoms with E-state index < -0.39 is 40.4 Å². The van der Waals surface area contributed by atoms with Gasteiger partial charge in [-0.2, -0.15) is 5.10 Å². The summed E-state index contributed by atoms with van der Waals surface area (Å²) in [6.07, 6.45) is 1.64. The van der Waals surface area contributed by atoms with Crippen molar-refractivity contribution in [3.8, 4) is 22.7 Å². The average Bonchev–Trinajstić information content (AvgIpc) is 3.38. The molecule has 12 nitrogen and oxygen atoms in total. The van der Waals surface area contributed by atoms with E-state index in [0.29, 0.717) is 22.4 Å². The Labute approximate surface area is 265 Å². The van der Waals surface area contributed by atoms with Crippen LogP contribution in [0, 0.1) is 15.9 Å². The average molecular weight is 655 g/mol. The number of thiocarbonyl (C=S) groups is 1. The molecular formula is C30H27FN4O8S2. The highest BCUT2D eigenvalue weighted by molar-refractivity contribution is 7.90. The summed E-state index contributed by atoms with van der Waals surface area (Å²) >= 11 is 3.70. The highest BCUT2D eigenvalue weighted by Crippen LogP contribution is 2.32. The molecule has 4 aromatic rings. The molecule has 0 aliphatic rings. The molecule has 234 valence electrons. The summed E-state index contributed by atoms with van der Waals surface area (Å²) in [5.74, 6) is -1.99. The molecule has 1 unspecified atom stereocenters. The largest absolute Gasteiger partial charge is 0.612 e. The van der Waals surface area contributed by atoms with Crippen LogP contribution in [0.3, 0.4) is 0 Å². The third-order valence-corrected chi connectivity index (χ3v) is 7.51. The van der Waals surface area contributed by atoms with Gasteiger partial charge in [-0.25, -0.2) is 13.9 Å². The normalized spacial score (nSPS) is 11.4. The highest BCUT2D eigenvalue weighted by Gasteiger charge is 2.29. The maximum Gasteiger partial charge on any atom is 0.347 e. The summed E-state index contributed by atoms with van der Waals surface area (Å²) in [6, 6.07) is 18.2. The lowest BCUT2D eigenvalue weighted by molar-refractivity contribution is -0.757. The Kier molecular flexibility index (Phi) is 11.2. The number of hydrogen-bond acceptors (Lipinski definition) is 10. The first-order valence-electron chi connectivity index (χ1n) is 13.4. The van der Waals surface area contributed by atoms with Crippen LogP contribution in [-0.4, -0.2) is 55.8 Å². The van der Waals surface area contributed by atoms with E-state index in [2.05, 4.69) is 9.94 Å². The fraction of sp³-hybridized carbons (Fsp3) is 0.200. The van der Waals surface area contributed by atoms with E-state index in [1.807, 2.05) is 0 Å². The smallest absolute Gasteiger partial charge is 0.347 e. The molecule has 2 N–H and O–H groups in total. The molecule has 0 saturated carbocycles. The van der Waals surface area contributed by atoms with Crippen molar-refractivity contribution in [1.82, 2.24) is 9.78 Å². The molecule has 1 heterocycles. The molecule has 0 aliphatic heterocycles. The minimum atomic E-state index is -1.28. The molecule has 0 radical (unpaired) electrons. The predicted octanol–water partition coefficient (Wildman–Crippen LogP) is 4.34. The number of ether oxygens (including phenoxy) is 2. The Morgan fingerprint density at radius 2 is 1.76 bits per heavy atom. The molecule has 15 heteroatoms. The number of carbonyl (C=O) groups is 2. The molecule has 0 bridgehead atoms. The summed E-state index contributed by atoms with van der Waals surface area (Å²) in [7, 11) is 0. The van der Waals surface area contributed by atoms with Gasteiger partial charge < -0.3 is 24.6 Å². The molecule has 1 aromatic heterocycles. The number of unbranched alkanes of at least 4 members (excludes halogenated alkanes) is 1. The minimum Gasteiger partial charge on any atom is -0.612 e. The zero-order valence-corrected chi connectivity index (χ0v) is 25.5. The zero-order chi connectivity index (χ0) is 32.5. The van der Waals surface area contributed by atoms with Crippen LogP contribution in [0.2, 0.25) is 0 Å². The number of hydrogen-bond donors (Lipinski definition) is 1. The quantitative estimate of drug-likeness (QED) is 0.0390. The van der Waals surface area contributed by atoms with Gasteiger partial charge in [-0.15, -0.1) is 10.1 Å². The first-order valence-corrected chi connectivity index (χ1v) is 15.4. The Bertz CT molecular complexity index is 1700. The molecule has 0 fully saturated rings. The molecule has 1 atom stereocenters. The van der Waals surface area contributed by atoms with Crippen LogP contribution in [0.15, 0.2) is 77.7 Å². The minimum absolute atomic E-state index is 0.0103. The topological polar surface area (TPSA) is 172 Å². The van der Waals surface area contributed by atoms with Gasteiger partial charge in [0, 0.05) is 11.1 Å². The predicted molar refractivity (Wildman–Crippen MR) is 165 cm³/mol. The molecule has 4 rings (SSSR count). The standard InChI is InChI=1S/C30H27FN4O8S2/c1-45(40)24-13-9-19(10-14-24)28-27(30(37)43-23-11-7-20(8-12-23)29(32)44)25(33-34(28)22-6-4-5-21(31)17-22)18-26(36)41-15-2-3-16-42-35(38)39/h4-14,17H,2-3,15-16,18H2,1H3,(H2,32,44). The van der Waals surface area contributed by atoms with Gasteiger partial charge in [-0.1, -0.05) is 18.3 Å². The third-order valence-electron chi connectivity index (χ3n) is 6.33. The van der Waals surface area contributed by atoms with Gasteiger partial charge in [-0.05, 0) is 90.7 Å². The van der Waals surface area contributed by atoms with Gasteiger partial charge in [0.2, 0.25) is 0 Å². The number of nitrogens with zero attached hydrogens (tertiary/aromatic N) is 3. The molecule has 0 spiro atoms. The van der Waals surface area contributed by atoms with Crippen LogP contribution in [0.25, 0.3) is 16.9 Å². The highest BCUT2D eigenvalue weighted by atomic mass is 32.2. The number of halogens is 1. The Hall–Kier alpha value is -4.86. The van der Waals surface area contributed by atoms with Crippen molar-refractivity contribution in [3.63, 3.8) is 0 Å². The fourth-order valence-electron chi connectivity index (χ4n) is 4.23. The van der Waals surface area contributed by atoms with Crippen LogP contribution in [0.5, 0.6) is 5.75 Å². The monoisotopic (exact) mass is 654 g/mol. The Morgan fingerprint density at radius 3 is 2.38 bits per heavy atom. The van der Waals surface area contributed by atoms with E-state index in [0.717, 1.165) is 0 Å². The molecule has 3 aromatic carbocycles. The van der Waals surface area contributed by atoms with Crippen LogP contribution < -0.4 is 10.5 Å². The second-order valence-corrected chi connectivity index (χ2v) is 11.3. The van der Waals surface area contributed by atoms with Crippen LogP contribution in [0.1, 0.15) is 34.5 Å². The van der Waals surface area contributed by atoms with E-state index in [4.69, 9.17) is 27.4 Å². The number of nitrogens with two attached hydrogens (primary N) is 1. The lowest BCUT2D eigenvalue weighted by Crippen LogP contribution is -2.16. The second kappa shape index (κ2) is 15.2. The SMILES string of the molecule is C[S+]([O-])c1ccc(-c2c(C(=O)Oc3ccc(C(N)=S)cc3)c(CC(=O)OCCCCO[N+](=O)[O-])nn2-c2cccc(F)c2)cc1. The van der Waals surface area contributed by atoms with Crippen LogP contribution in [0.4, 0.5) is 4.39 Å². The maximum atomic E-state index is 14.3. The van der Waals surface area contributed by atoms with Gasteiger partial charge in [0.15, 0.2) is 4.90 Å². The van der Waals surface area contributed by atoms with E-state index in [1.165, 1.54) is 41.3 Å². The number of carbonyl (C=O) groups excluding carboxylic acids is 2. The lowest BCUT2D eigenvalue weighted by Gasteiger charge is -2.12. The summed E-state index contributed by atoms with van der Waals surface area (Å²) in [5.41, 5.74) is 7.03. The van der Waals surface area contributed by atoms with Gasteiger partial charge in [0.05, 0.1) is 36.7 Å². The number of benzene rings is 3. The van der Waals surface area contributed by atoms with Crippen molar-refractivity contribution in [1.29, 1.82) is 0 Å². The first-order chi connectivity index (χ1) is 21.5. The number of esters is 2. The van der Waals surface area contributed by atoms with Crippen molar-refractivity contribution >= 4 is 40.3 Å². The van der Waals surface area contributed by atoms with Gasteiger partial charge in [-0.3, -0.25) is 4.79 Å². The third kappa shape index (κ3) is 8.84. The van der Waals surface area contributed by atoms with Crippen molar-refractivity contribution in [2.75, 3.05) is 19.5 Å². The maximum absolute atomic E-state index is 14.3. The van der Waals surface area contributed by atoms with Gasteiger partial charge in [0.1, 0.15) is 28.4 Å². The van der Waals surface area contributed by atoms with Gasteiger partial charge >= 0.3 is 11.9 Å². The molecule has 0 saturated heterocycles. The van der Waals surface area contributed by atoms with E-state index >= 15 is 0 Å². The summed E-state index contributed by atoms with van der Waals surface area (Å²) in [5, 5.41) is 13.9. The van der Waals surface area contributed by atoms with E-state index in [9.17, 15) is 28.6 Å². The lowest BCUT2D eigenvalue weighted by atomic mass is 10.0. The summed E-state index contributed by atoms with van der Waals surface area (Å²) < 4.78 is 38.7. The molecule has 0 amide bonds. The summed E-state index contributed by atoms with van der Waals surface area (Å²) in [4.78, 5) is 41.9. The number of aromatic nitrogens is 2. The molecular weight excluding hydrogens is 627 g/mol. The van der Waals surface area contributed by atoms with E-state index in [-0.39, 0.29) is 53.0 Å². The zero-order valence-electron chi connectivity index (χ0n) is 23.8. The fourth-order valence-corrected chi connectivity index (χ4v) is 4.89. The molecule has 45 heavy (non-hydrogen) atoms.